The molecule has 7 heteroatoms. The van der Waals surface area contributed by atoms with Crippen LogP contribution in [0, 0.1) is 6.92 Å². The van der Waals surface area contributed by atoms with Crippen molar-refractivity contribution in [2.75, 3.05) is 33.9 Å². The maximum Gasteiger partial charge on any atom is 0.258 e. The lowest BCUT2D eigenvalue weighted by atomic mass is 9.92. The molecule has 35 heavy (non-hydrogen) atoms. The molecule has 1 atom stereocenters. The van der Waals surface area contributed by atoms with Crippen LogP contribution in [0.15, 0.2) is 66.6 Å². The predicted octanol–water partition coefficient (Wildman–Crippen LogP) is 4.88. The summed E-state index contributed by atoms with van der Waals surface area (Å²) in [5, 5.41) is 2.09. The quantitative estimate of drug-likeness (QED) is 0.423. The number of hydrogen-bond acceptors (Lipinski definition) is 5. The van der Waals surface area contributed by atoms with Crippen molar-refractivity contribution < 1.29 is 19.1 Å². The molecule has 0 aliphatic carbocycles. The molecule has 2 aromatic carbocycles. The van der Waals surface area contributed by atoms with Crippen LogP contribution in [-0.4, -0.2) is 55.5 Å². The first-order valence-electron chi connectivity index (χ1n) is 11.5. The van der Waals surface area contributed by atoms with Gasteiger partial charge in [0.15, 0.2) is 0 Å². The van der Waals surface area contributed by atoms with Gasteiger partial charge in [-0.05, 0) is 48.1 Å². The molecule has 2 amide bonds. The molecule has 1 aliphatic heterocycles. The zero-order valence-electron chi connectivity index (χ0n) is 20.3. The van der Waals surface area contributed by atoms with E-state index in [4.69, 9.17) is 9.47 Å². The molecule has 182 valence electrons. The van der Waals surface area contributed by atoms with Crippen LogP contribution in [0.1, 0.15) is 38.0 Å². The zero-order valence-corrected chi connectivity index (χ0v) is 21.1. The molecule has 3 aromatic rings. The Hall–Kier alpha value is -3.58. The van der Waals surface area contributed by atoms with Gasteiger partial charge >= 0.3 is 0 Å². The minimum atomic E-state index is -0.294. The van der Waals surface area contributed by atoms with Crippen molar-refractivity contribution in [2.45, 2.75) is 19.4 Å². The fourth-order valence-corrected chi connectivity index (χ4v) is 5.37. The standard InChI is InChI=1S/C28H30N2O4S/c1-5-14-29(28(32)22-11-10-21(33-3)17-24(22)34-4)18-26(31)30-15-12-25-23(13-16-35-25)27(30)20-8-6-19(2)7-9-20/h5-11,13,16-17,27H,1,12,14-15,18H2,2-4H3. The summed E-state index contributed by atoms with van der Waals surface area (Å²) in [6.45, 7) is 6.64. The fraction of sp³-hybridized carbons (Fsp3) is 0.286. The van der Waals surface area contributed by atoms with Gasteiger partial charge in [-0.3, -0.25) is 9.59 Å². The predicted molar refractivity (Wildman–Crippen MR) is 138 cm³/mol. The first-order valence-corrected chi connectivity index (χ1v) is 12.4. The van der Waals surface area contributed by atoms with Crippen molar-refractivity contribution in [1.82, 2.24) is 9.80 Å². The summed E-state index contributed by atoms with van der Waals surface area (Å²) in [7, 11) is 3.06. The van der Waals surface area contributed by atoms with Crippen molar-refractivity contribution >= 4 is 23.2 Å². The van der Waals surface area contributed by atoms with Crippen LogP contribution in [0.3, 0.4) is 0 Å². The topological polar surface area (TPSA) is 59.1 Å². The van der Waals surface area contributed by atoms with E-state index in [1.165, 1.54) is 22.5 Å². The number of aryl methyl sites for hydroxylation is 1. The lowest BCUT2D eigenvalue weighted by molar-refractivity contribution is -0.133. The van der Waals surface area contributed by atoms with E-state index in [9.17, 15) is 9.59 Å². The number of fused-ring (bicyclic) bond motifs is 1. The maximum atomic E-state index is 13.7. The van der Waals surface area contributed by atoms with Gasteiger partial charge in [0.2, 0.25) is 5.91 Å². The van der Waals surface area contributed by atoms with Gasteiger partial charge in [0, 0.05) is 24.0 Å². The van der Waals surface area contributed by atoms with Crippen molar-refractivity contribution in [1.29, 1.82) is 0 Å². The van der Waals surface area contributed by atoms with Crippen LogP contribution in [-0.2, 0) is 11.2 Å². The van der Waals surface area contributed by atoms with Gasteiger partial charge in [-0.15, -0.1) is 17.9 Å². The van der Waals surface area contributed by atoms with Crippen LogP contribution in [0.25, 0.3) is 0 Å². The molecule has 0 radical (unpaired) electrons. The summed E-state index contributed by atoms with van der Waals surface area (Å²) in [5.74, 6) is 0.591. The molecule has 1 unspecified atom stereocenters. The highest BCUT2D eigenvalue weighted by Crippen LogP contribution is 2.38. The number of hydrogen-bond donors (Lipinski definition) is 0. The Morgan fingerprint density at radius 3 is 2.60 bits per heavy atom. The van der Waals surface area contributed by atoms with Crippen LogP contribution < -0.4 is 9.47 Å². The van der Waals surface area contributed by atoms with Gasteiger partial charge < -0.3 is 19.3 Å². The summed E-state index contributed by atoms with van der Waals surface area (Å²) in [4.78, 5) is 31.9. The van der Waals surface area contributed by atoms with Crippen LogP contribution >= 0.6 is 11.3 Å². The summed E-state index contributed by atoms with van der Waals surface area (Å²) in [5.41, 5.74) is 3.78. The molecule has 1 aliphatic rings. The van der Waals surface area contributed by atoms with E-state index in [1.54, 1.807) is 42.7 Å². The molecule has 0 bridgehead atoms. The minimum absolute atomic E-state index is 0.0537. The molecule has 0 saturated carbocycles. The second-order valence-electron chi connectivity index (χ2n) is 8.49. The number of amides is 2. The lowest BCUT2D eigenvalue weighted by Crippen LogP contribution is -2.46. The van der Waals surface area contributed by atoms with Gasteiger partial charge in [-0.2, -0.15) is 0 Å². The Balaban J connectivity index is 1.62. The second kappa shape index (κ2) is 10.8. The Kier molecular flexibility index (Phi) is 7.56. The van der Waals surface area contributed by atoms with Crippen LogP contribution in [0.5, 0.6) is 11.5 Å². The van der Waals surface area contributed by atoms with Crippen molar-refractivity contribution in [3.63, 3.8) is 0 Å². The number of thiophene rings is 1. The number of methoxy groups -OCH3 is 2. The summed E-state index contributed by atoms with van der Waals surface area (Å²) >= 11 is 1.73. The molecule has 0 saturated heterocycles. The number of rotatable bonds is 8. The second-order valence-corrected chi connectivity index (χ2v) is 9.49. The highest BCUT2D eigenvalue weighted by atomic mass is 32.1. The summed E-state index contributed by atoms with van der Waals surface area (Å²) in [6.07, 6.45) is 2.44. The maximum absolute atomic E-state index is 13.7. The van der Waals surface area contributed by atoms with Gasteiger partial charge in [0.05, 0.1) is 25.8 Å². The number of benzene rings is 2. The lowest BCUT2D eigenvalue weighted by Gasteiger charge is -2.37. The molecule has 0 fully saturated rings. The van der Waals surface area contributed by atoms with Crippen molar-refractivity contribution in [2.24, 2.45) is 0 Å². The highest BCUT2D eigenvalue weighted by molar-refractivity contribution is 7.10. The third-order valence-electron chi connectivity index (χ3n) is 6.28. The molecule has 2 heterocycles. The molecule has 0 spiro atoms. The van der Waals surface area contributed by atoms with E-state index in [1.807, 2.05) is 4.90 Å². The number of carbonyl (C=O) groups is 2. The highest BCUT2D eigenvalue weighted by Gasteiger charge is 2.34. The Morgan fingerprint density at radius 1 is 1.14 bits per heavy atom. The molecule has 4 rings (SSSR count). The monoisotopic (exact) mass is 490 g/mol. The van der Waals surface area contributed by atoms with Gasteiger partial charge in [-0.25, -0.2) is 0 Å². The SMILES string of the molecule is C=CCN(CC(=O)N1CCc2sccc2C1c1ccc(C)cc1)C(=O)c1ccc(OC)cc1OC. The first kappa shape index (κ1) is 24.5. The Labute approximate surface area is 210 Å². The van der Waals surface area contributed by atoms with Gasteiger partial charge in [0.1, 0.15) is 18.0 Å². The smallest absolute Gasteiger partial charge is 0.258 e. The summed E-state index contributed by atoms with van der Waals surface area (Å²) < 4.78 is 10.7. The number of nitrogens with zero attached hydrogens (tertiary/aromatic N) is 2. The number of carbonyl (C=O) groups excluding carboxylic acids is 2. The molecular formula is C28H30N2O4S. The van der Waals surface area contributed by atoms with E-state index < -0.39 is 0 Å². The fourth-order valence-electron chi connectivity index (χ4n) is 4.47. The Morgan fingerprint density at radius 2 is 1.91 bits per heavy atom. The molecular weight excluding hydrogens is 460 g/mol. The third-order valence-corrected chi connectivity index (χ3v) is 7.28. The molecule has 1 aromatic heterocycles. The van der Waals surface area contributed by atoms with Gasteiger partial charge in [-0.1, -0.05) is 35.9 Å². The largest absolute Gasteiger partial charge is 0.497 e. The van der Waals surface area contributed by atoms with E-state index >= 15 is 0 Å². The zero-order chi connectivity index (χ0) is 24.9. The van der Waals surface area contributed by atoms with Crippen molar-refractivity contribution in [3.8, 4) is 11.5 Å². The van der Waals surface area contributed by atoms with Crippen molar-refractivity contribution in [3.05, 3.63) is 93.7 Å². The van der Waals surface area contributed by atoms with E-state index in [2.05, 4.69) is 49.2 Å². The normalized spacial score (nSPS) is 14.7. The molecule has 0 N–H and O–H groups in total. The van der Waals surface area contributed by atoms with E-state index in [0.29, 0.717) is 23.6 Å². The third kappa shape index (κ3) is 5.10. The minimum Gasteiger partial charge on any atom is -0.497 e. The van der Waals surface area contributed by atoms with E-state index in [-0.39, 0.29) is 30.9 Å². The average molecular weight is 491 g/mol. The van der Waals surface area contributed by atoms with Gasteiger partial charge in [0.25, 0.3) is 5.91 Å². The Bertz CT molecular complexity index is 1220. The molecule has 6 nitrogen and oxygen atoms in total. The number of ether oxygens (including phenoxy) is 2. The van der Waals surface area contributed by atoms with Crippen LogP contribution in [0.2, 0.25) is 0 Å². The first-order chi connectivity index (χ1) is 17.0. The summed E-state index contributed by atoms with van der Waals surface area (Å²) in [6, 6.07) is 15.3. The average Bonchev–Trinajstić information content (AvgIpc) is 3.36. The van der Waals surface area contributed by atoms with Crippen LogP contribution in [0.4, 0.5) is 0 Å². The van der Waals surface area contributed by atoms with E-state index in [0.717, 1.165) is 17.5 Å².